The first kappa shape index (κ1) is 24.8. The Balaban J connectivity index is 1.65. The number of amides is 3. The van der Waals surface area contributed by atoms with E-state index in [9.17, 15) is 18.8 Å². The third-order valence-electron chi connectivity index (χ3n) is 4.42. The van der Waals surface area contributed by atoms with Crippen molar-refractivity contribution in [3.8, 4) is 0 Å². The van der Waals surface area contributed by atoms with E-state index in [1.165, 1.54) is 36.1 Å². The molecule has 0 saturated carbocycles. The Bertz CT molecular complexity index is 1230. The second-order valence-electron chi connectivity index (χ2n) is 8.46. The highest BCUT2D eigenvalue weighted by molar-refractivity contribution is 7.14. The number of halogens is 1. The number of hydrogen-bond donors (Lipinski definition) is 2. The second kappa shape index (κ2) is 10.4. The van der Waals surface area contributed by atoms with Gasteiger partial charge in [0.05, 0.1) is 11.4 Å². The lowest BCUT2D eigenvalue weighted by Crippen LogP contribution is -2.40. The van der Waals surface area contributed by atoms with Crippen LogP contribution in [0.25, 0.3) is 6.08 Å². The molecule has 3 aromatic rings. The maximum atomic E-state index is 14.2. The summed E-state index contributed by atoms with van der Waals surface area (Å²) in [5.74, 6) is -1.50. The summed E-state index contributed by atoms with van der Waals surface area (Å²) >= 11 is 1.16. The van der Waals surface area contributed by atoms with E-state index < -0.39 is 5.82 Å². The Labute approximate surface area is 201 Å². The molecule has 176 valence electrons. The Morgan fingerprint density at radius 3 is 2.35 bits per heavy atom. The molecule has 0 spiro atoms. The predicted octanol–water partition coefficient (Wildman–Crippen LogP) is 5.15. The number of nitrogens with zero attached hydrogens (tertiary/aromatic N) is 2. The van der Waals surface area contributed by atoms with Crippen LogP contribution in [0.5, 0.6) is 0 Å². The van der Waals surface area contributed by atoms with E-state index in [0.29, 0.717) is 22.1 Å². The van der Waals surface area contributed by atoms with Gasteiger partial charge in [-0.3, -0.25) is 19.3 Å². The van der Waals surface area contributed by atoms with Gasteiger partial charge in [-0.05, 0) is 63.2 Å². The molecule has 9 heteroatoms. The van der Waals surface area contributed by atoms with Gasteiger partial charge in [-0.15, -0.1) is 11.3 Å². The van der Waals surface area contributed by atoms with Crippen LogP contribution in [0.3, 0.4) is 0 Å². The Hall–Kier alpha value is -3.85. The van der Waals surface area contributed by atoms with Crippen molar-refractivity contribution in [1.82, 2.24) is 10.3 Å². The quantitative estimate of drug-likeness (QED) is 0.478. The van der Waals surface area contributed by atoms with E-state index in [1.54, 1.807) is 41.8 Å². The molecule has 1 aromatic heterocycles. The molecule has 3 rings (SSSR count). The van der Waals surface area contributed by atoms with Crippen LogP contribution in [0.15, 0.2) is 60.0 Å². The highest BCUT2D eigenvalue weighted by atomic mass is 32.1. The summed E-state index contributed by atoms with van der Waals surface area (Å²) in [6.07, 6.45) is 2.81. The lowest BCUT2D eigenvalue weighted by molar-refractivity contribution is -0.116. The van der Waals surface area contributed by atoms with Crippen LogP contribution in [0.4, 0.5) is 20.9 Å². The number of aromatic nitrogens is 1. The van der Waals surface area contributed by atoms with Crippen LogP contribution in [0.1, 0.15) is 43.7 Å². The average Bonchev–Trinajstić information content (AvgIpc) is 3.21. The van der Waals surface area contributed by atoms with Crippen LogP contribution >= 0.6 is 11.3 Å². The van der Waals surface area contributed by atoms with Gasteiger partial charge in [-0.25, -0.2) is 9.37 Å². The Morgan fingerprint density at radius 1 is 1.06 bits per heavy atom. The molecular weight excluding hydrogens is 455 g/mol. The largest absolute Gasteiger partial charge is 0.347 e. The molecule has 2 N–H and O–H groups in total. The zero-order chi connectivity index (χ0) is 24.9. The molecule has 7 nitrogen and oxygen atoms in total. The number of thiazole rings is 1. The highest BCUT2D eigenvalue weighted by Crippen LogP contribution is 2.31. The van der Waals surface area contributed by atoms with E-state index in [2.05, 4.69) is 15.6 Å². The van der Waals surface area contributed by atoms with Crippen LogP contribution in [0, 0.1) is 5.82 Å². The Kier molecular flexibility index (Phi) is 7.57. The van der Waals surface area contributed by atoms with Gasteiger partial charge in [0.2, 0.25) is 11.8 Å². The molecule has 0 aliphatic heterocycles. The highest BCUT2D eigenvalue weighted by Gasteiger charge is 2.20. The van der Waals surface area contributed by atoms with Gasteiger partial charge in [0, 0.05) is 35.2 Å². The van der Waals surface area contributed by atoms with Gasteiger partial charge in [-0.2, -0.15) is 0 Å². The predicted molar refractivity (Wildman–Crippen MR) is 133 cm³/mol. The first-order valence-corrected chi connectivity index (χ1v) is 11.3. The minimum Gasteiger partial charge on any atom is -0.347 e. The zero-order valence-corrected chi connectivity index (χ0v) is 20.1. The summed E-state index contributed by atoms with van der Waals surface area (Å²) in [5.41, 5.74) is 1.23. The molecular formula is C25H25FN4O3S. The molecule has 0 aliphatic rings. The van der Waals surface area contributed by atoms with Crippen LogP contribution in [-0.4, -0.2) is 28.2 Å². The molecule has 0 atom stereocenters. The fraction of sp³-hybridized carbons (Fsp3) is 0.200. The average molecular weight is 481 g/mol. The van der Waals surface area contributed by atoms with Crippen LogP contribution in [-0.2, 0) is 9.59 Å². The van der Waals surface area contributed by atoms with Crippen molar-refractivity contribution < 1.29 is 18.8 Å². The summed E-state index contributed by atoms with van der Waals surface area (Å²) in [7, 11) is 0. The molecule has 2 aromatic carbocycles. The third-order valence-corrected chi connectivity index (χ3v) is 5.26. The zero-order valence-electron chi connectivity index (χ0n) is 19.3. The van der Waals surface area contributed by atoms with Crippen molar-refractivity contribution in [1.29, 1.82) is 0 Å². The first-order valence-electron chi connectivity index (χ1n) is 10.5. The molecule has 0 aliphatic carbocycles. The monoisotopic (exact) mass is 480 g/mol. The van der Waals surface area contributed by atoms with Crippen molar-refractivity contribution in [2.24, 2.45) is 0 Å². The molecule has 0 unspecified atom stereocenters. The summed E-state index contributed by atoms with van der Waals surface area (Å²) < 4.78 is 14.2. The fourth-order valence-corrected chi connectivity index (χ4v) is 3.81. The van der Waals surface area contributed by atoms with Gasteiger partial charge in [0.25, 0.3) is 5.91 Å². The van der Waals surface area contributed by atoms with Gasteiger partial charge < -0.3 is 10.6 Å². The van der Waals surface area contributed by atoms with E-state index in [-0.39, 0.29) is 28.9 Å². The van der Waals surface area contributed by atoms with E-state index in [1.807, 2.05) is 20.8 Å². The van der Waals surface area contributed by atoms with Crippen molar-refractivity contribution >= 4 is 51.6 Å². The maximum Gasteiger partial charge on any atom is 0.251 e. The summed E-state index contributed by atoms with van der Waals surface area (Å²) in [6.45, 7) is 7.02. The standard InChI is InChI=1S/C25H25FN4O3S/c1-16(31)30(21-8-6-5-7-20(21)26)24-28-19(15-34-24)13-14-22(32)27-18-11-9-17(10-12-18)23(33)29-25(2,3)4/h5-15H,1-4H3,(H,27,32)(H,29,33)/b14-13+. The number of carbonyl (C=O) groups is 3. The Morgan fingerprint density at radius 2 is 1.74 bits per heavy atom. The van der Waals surface area contributed by atoms with E-state index in [0.717, 1.165) is 11.3 Å². The number of carbonyl (C=O) groups excluding carboxylic acids is 3. The molecule has 3 amide bonds. The minimum absolute atomic E-state index is 0.109. The van der Waals surface area contributed by atoms with Gasteiger partial charge in [0.1, 0.15) is 5.82 Å². The second-order valence-corrected chi connectivity index (χ2v) is 9.30. The third kappa shape index (κ3) is 6.58. The number of benzene rings is 2. The maximum absolute atomic E-state index is 14.2. The van der Waals surface area contributed by atoms with Gasteiger partial charge >= 0.3 is 0 Å². The molecule has 0 radical (unpaired) electrons. The fourth-order valence-electron chi connectivity index (χ4n) is 2.96. The van der Waals surface area contributed by atoms with E-state index in [4.69, 9.17) is 0 Å². The van der Waals surface area contributed by atoms with Gasteiger partial charge in [0.15, 0.2) is 5.13 Å². The van der Waals surface area contributed by atoms with E-state index >= 15 is 0 Å². The molecule has 34 heavy (non-hydrogen) atoms. The smallest absolute Gasteiger partial charge is 0.251 e. The molecule has 0 saturated heterocycles. The van der Waals surface area contributed by atoms with Crippen LogP contribution < -0.4 is 15.5 Å². The van der Waals surface area contributed by atoms with Crippen LogP contribution in [0.2, 0.25) is 0 Å². The molecule has 0 bridgehead atoms. The van der Waals surface area contributed by atoms with Crippen molar-refractivity contribution in [2.75, 3.05) is 10.2 Å². The number of hydrogen-bond acceptors (Lipinski definition) is 5. The minimum atomic E-state index is -0.536. The summed E-state index contributed by atoms with van der Waals surface area (Å²) in [4.78, 5) is 42.1. The topological polar surface area (TPSA) is 91.4 Å². The van der Waals surface area contributed by atoms with Gasteiger partial charge in [-0.1, -0.05) is 12.1 Å². The van der Waals surface area contributed by atoms with Crippen molar-refractivity contribution in [2.45, 2.75) is 33.2 Å². The SMILES string of the molecule is CC(=O)N(c1nc(/C=C/C(=O)Nc2ccc(C(=O)NC(C)(C)C)cc2)cs1)c1ccccc1F. The number of nitrogens with one attached hydrogen (secondary N) is 2. The lowest BCUT2D eigenvalue weighted by Gasteiger charge is -2.20. The number of rotatable bonds is 6. The molecule has 0 fully saturated rings. The molecule has 1 heterocycles. The van der Waals surface area contributed by atoms with Crippen molar-refractivity contribution in [3.05, 3.63) is 77.1 Å². The first-order chi connectivity index (χ1) is 16.0. The lowest BCUT2D eigenvalue weighted by atomic mass is 10.1. The summed E-state index contributed by atoms with van der Waals surface area (Å²) in [5, 5.41) is 7.55. The van der Waals surface area contributed by atoms with Crippen molar-refractivity contribution in [3.63, 3.8) is 0 Å². The normalized spacial score (nSPS) is 11.3. The number of para-hydroxylation sites is 1. The number of anilines is 3. The summed E-state index contributed by atoms with van der Waals surface area (Å²) in [6, 6.07) is 12.5.